The lowest BCUT2D eigenvalue weighted by atomic mass is 10.1. The molecule has 2 heterocycles. The molecule has 0 saturated carbocycles. The standard InChI is InChI=1S/C23H24ClN3O2/c24-19-10-11-21(23-18(19)9-6-12-25-23)29-16-22(28)26-15-20(27-13-4-5-14-27)17-7-2-1-3-8-17/h1-3,6-12,20H,4-5,13-16H2,(H,26,28). The summed E-state index contributed by atoms with van der Waals surface area (Å²) >= 11 is 6.22. The molecule has 1 amide bonds. The molecule has 0 bridgehead atoms. The van der Waals surface area contributed by atoms with E-state index in [9.17, 15) is 4.79 Å². The second kappa shape index (κ2) is 9.25. The number of halogens is 1. The van der Waals surface area contributed by atoms with Crippen molar-refractivity contribution in [3.8, 4) is 5.75 Å². The normalized spacial score (nSPS) is 15.3. The number of nitrogens with one attached hydrogen (secondary N) is 1. The third-order valence-corrected chi connectivity index (χ3v) is 5.63. The molecule has 1 unspecified atom stereocenters. The Morgan fingerprint density at radius 3 is 2.69 bits per heavy atom. The molecule has 150 valence electrons. The summed E-state index contributed by atoms with van der Waals surface area (Å²) in [5.74, 6) is 0.406. The average Bonchev–Trinajstić information content (AvgIpc) is 3.29. The summed E-state index contributed by atoms with van der Waals surface area (Å²) in [6, 6.07) is 17.8. The van der Waals surface area contributed by atoms with Gasteiger partial charge in [0, 0.05) is 18.1 Å². The van der Waals surface area contributed by atoms with Gasteiger partial charge in [-0.3, -0.25) is 14.7 Å². The molecule has 6 heteroatoms. The van der Waals surface area contributed by atoms with Gasteiger partial charge in [0.15, 0.2) is 6.61 Å². The Labute approximate surface area is 175 Å². The van der Waals surface area contributed by atoms with Gasteiger partial charge in [-0.25, -0.2) is 0 Å². The summed E-state index contributed by atoms with van der Waals surface area (Å²) in [4.78, 5) is 19.2. The monoisotopic (exact) mass is 409 g/mol. The quantitative estimate of drug-likeness (QED) is 0.634. The molecule has 29 heavy (non-hydrogen) atoms. The van der Waals surface area contributed by atoms with Crippen LogP contribution in [0.15, 0.2) is 60.8 Å². The Kier molecular flexibility index (Phi) is 6.27. The number of hydrogen-bond acceptors (Lipinski definition) is 4. The summed E-state index contributed by atoms with van der Waals surface area (Å²) in [6.45, 7) is 2.63. The highest BCUT2D eigenvalue weighted by Gasteiger charge is 2.23. The number of aromatic nitrogens is 1. The van der Waals surface area contributed by atoms with Crippen molar-refractivity contribution < 1.29 is 9.53 Å². The Morgan fingerprint density at radius 1 is 1.10 bits per heavy atom. The first-order chi connectivity index (χ1) is 14.2. The second-order valence-electron chi connectivity index (χ2n) is 7.21. The molecular formula is C23H24ClN3O2. The third-order valence-electron chi connectivity index (χ3n) is 5.30. The van der Waals surface area contributed by atoms with E-state index in [1.54, 1.807) is 18.3 Å². The summed E-state index contributed by atoms with van der Waals surface area (Å²) in [7, 11) is 0. The zero-order valence-electron chi connectivity index (χ0n) is 16.2. The van der Waals surface area contributed by atoms with Crippen molar-refractivity contribution in [1.82, 2.24) is 15.2 Å². The largest absolute Gasteiger partial charge is 0.481 e. The van der Waals surface area contributed by atoms with E-state index < -0.39 is 0 Å². The maximum atomic E-state index is 12.5. The van der Waals surface area contributed by atoms with Crippen LogP contribution in [-0.2, 0) is 4.79 Å². The molecule has 1 N–H and O–H groups in total. The van der Waals surface area contributed by atoms with Gasteiger partial charge < -0.3 is 10.1 Å². The molecule has 0 spiro atoms. The summed E-state index contributed by atoms with van der Waals surface area (Å²) in [5.41, 5.74) is 1.88. The highest BCUT2D eigenvalue weighted by atomic mass is 35.5. The number of ether oxygens (including phenoxy) is 1. The van der Waals surface area contributed by atoms with Crippen molar-refractivity contribution in [2.24, 2.45) is 0 Å². The number of amides is 1. The van der Waals surface area contributed by atoms with Crippen LogP contribution >= 0.6 is 11.6 Å². The molecule has 3 aromatic rings. The minimum absolute atomic E-state index is 0.0607. The van der Waals surface area contributed by atoms with E-state index in [-0.39, 0.29) is 18.6 Å². The molecule has 1 saturated heterocycles. The van der Waals surface area contributed by atoms with Crippen molar-refractivity contribution in [3.05, 3.63) is 71.4 Å². The van der Waals surface area contributed by atoms with E-state index in [4.69, 9.17) is 16.3 Å². The van der Waals surface area contributed by atoms with Crippen LogP contribution in [0.3, 0.4) is 0 Å². The Bertz CT molecular complexity index is 974. The molecule has 0 radical (unpaired) electrons. The molecule has 0 aliphatic carbocycles. The van der Waals surface area contributed by atoms with Crippen LogP contribution < -0.4 is 10.1 Å². The molecule has 5 nitrogen and oxygen atoms in total. The number of carbonyl (C=O) groups is 1. The Morgan fingerprint density at radius 2 is 1.90 bits per heavy atom. The number of benzene rings is 2. The summed E-state index contributed by atoms with van der Waals surface area (Å²) in [6.07, 6.45) is 4.10. The summed E-state index contributed by atoms with van der Waals surface area (Å²) in [5, 5.41) is 4.46. The minimum Gasteiger partial charge on any atom is -0.481 e. The fourth-order valence-corrected chi connectivity index (χ4v) is 4.03. The van der Waals surface area contributed by atoms with Gasteiger partial charge in [0.05, 0.1) is 11.1 Å². The highest BCUT2D eigenvalue weighted by Crippen LogP contribution is 2.29. The fraction of sp³-hybridized carbons (Fsp3) is 0.304. The first-order valence-electron chi connectivity index (χ1n) is 9.94. The SMILES string of the molecule is O=C(COc1ccc(Cl)c2cccnc12)NCC(c1ccccc1)N1CCCC1. The van der Waals surface area contributed by atoms with Gasteiger partial charge in [-0.2, -0.15) is 0 Å². The lowest BCUT2D eigenvalue weighted by Gasteiger charge is -2.28. The van der Waals surface area contributed by atoms with Crippen LogP contribution in [0.5, 0.6) is 5.75 Å². The topological polar surface area (TPSA) is 54.5 Å². The molecule has 1 aliphatic heterocycles. The molecule has 1 fully saturated rings. The van der Waals surface area contributed by atoms with Gasteiger partial charge in [-0.15, -0.1) is 0 Å². The van der Waals surface area contributed by atoms with Crippen LogP contribution in [0.1, 0.15) is 24.4 Å². The minimum atomic E-state index is -0.149. The van der Waals surface area contributed by atoms with Gasteiger partial charge in [-0.1, -0.05) is 41.9 Å². The molecule has 2 aromatic carbocycles. The zero-order chi connectivity index (χ0) is 20.1. The van der Waals surface area contributed by atoms with E-state index in [1.165, 1.54) is 18.4 Å². The van der Waals surface area contributed by atoms with Gasteiger partial charge in [0.25, 0.3) is 5.91 Å². The van der Waals surface area contributed by atoms with Crippen molar-refractivity contribution in [2.75, 3.05) is 26.2 Å². The summed E-state index contributed by atoms with van der Waals surface area (Å²) < 4.78 is 5.75. The first-order valence-corrected chi connectivity index (χ1v) is 10.3. The van der Waals surface area contributed by atoms with Crippen LogP contribution in [0, 0.1) is 0 Å². The van der Waals surface area contributed by atoms with E-state index >= 15 is 0 Å². The van der Waals surface area contributed by atoms with Crippen molar-refractivity contribution >= 4 is 28.4 Å². The predicted octanol–water partition coefficient (Wildman–Crippen LogP) is 4.22. The van der Waals surface area contributed by atoms with Crippen molar-refractivity contribution in [1.29, 1.82) is 0 Å². The van der Waals surface area contributed by atoms with Crippen LogP contribution in [-0.4, -0.2) is 42.0 Å². The van der Waals surface area contributed by atoms with E-state index in [0.717, 1.165) is 18.5 Å². The number of pyridine rings is 1. The Hall–Kier alpha value is -2.63. The number of nitrogens with zero attached hydrogens (tertiary/aromatic N) is 2. The van der Waals surface area contributed by atoms with Gasteiger partial charge in [0.2, 0.25) is 0 Å². The lowest BCUT2D eigenvalue weighted by Crippen LogP contribution is -2.38. The maximum Gasteiger partial charge on any atom is 0.258 e. The van der Waals surface area contributed by atoms with Crippen molar-refractivity contribution in [3.63, 3.8) is 0 Å². The number of likely N-dealkylation sites (tertiary alicyclic amines) is 1. The van der Waals surface area contributed by atoms with Crippen LogP contribution in [0.2, 0.25) is 5.02 Å². The smallest absolute Gasteiger partial charge is 0.258 e. The number of hydrogen-bond donors (Lipinski definition) is 1. The highest BCUT2D eigenvalue weighted by molar-refractivity contribution is 6.35. The first kappa shape index (κ1) is 19.7. The molecule has 1 atom stereocenters. The van der Waals surface area contributed by atoms with Crippen molar-refractivity contribution in [2.45, 2.75) is 18.9 Å². The van der Waals surface area contributed by atoms with E-state index in [0.29, 0.717) is 22.8 Å². The average molecular weight is 410 g/mol. The van der Waals surface area contributed by atoms with Crippen LogP contribution in [0.25, 0.3) is 10.9 Å². The predicted molar refractivity (Wildman–Crippen MR) is 115 cm³/mol. The number of carbonyl (C=O) groups excluding carboxylic acids is 1. The van der Waals surface area contributed by atoms with E-state index in [2.05, 4.69) is 27.3 Å². The van der Waals surface area contributed by atoms with Gasteiger partial charge in [-0.05, 0) is 55.8 Å². The number of fused-ring (bicyclic) bond motifs is 1. The second-order valence-corrected chi connectivity index (χ2v) is 7.61. The van der Waals surface area contributed by atoms with Crippen LogP contribution in [0.4, 0.5) is 0 Å². The Balaban J connectivity index is 1.39. The molecule has 4 rings (SSSR count). The lowest BCUT2D eigenvalue weighted by molar-refractivity contribution is -0.123. The maximum absolute atomic E-state index is 12.5. The van der Waals surface area contributed by atoms with E-state index in [1.807, 2.05) is 30.3 Å². The molecular weight excluding hydrogens is 386 g/mol. The molecule has 1 aromatic heterocycles. The fourth-order valence-electron chi connectivity index (χ4n) is 3.82. The van der Waals surface area contributed by atoms with Gasteiger partial charge >= 0.3 is 0 Å². The molecule has 1 aliphatic rings. The number of rotatable bonds is 7. The zero-order valence-corrected chi connectivity index (χ0v) is 16.9. The third kappa shape index (κ3) is 4.69. The van der Waals surface area contributed by atoms with Gasteiger partial charge in [0.1, 0.15) is 11.3 Å².